The number of hydrogen-bond acceptors (Lipinski definition) is 4. The van der Waals surface area contributed by atoms with E-state index in [1.165, 1.54) is 0 Å². The third kappa shape index (κ3) is 5.58. The zero-order valence-corrected chi connectivity index (χ0v) is 13.8. The highest BCUT2D eigenvalue weighted by atomic mass is 35.5. The number of nitrogens with two attached hydrogens (primary N) is 1. The Kier molecular flexibility index (Phi) is 7.57. The van der Waals surface area contributed by atoms with Gasteiger partial charge in [0.05, 0.1) is 11.6 Å². The summed E-state index contributed by atoms with van der Waals surface area (Å²) in [4.78, 5) is 24.1. The largest absolute Gasteiger partial charge is 0.489 e. The fourth-order valence-corrected chi connectivity index (χ4v) is 2.07. The van der Waals surface area contributed by atoms with Gasteiger partial charge < -0.3 is 21.1 Å². The van der Waals surface area contributed by atoms with Crippen molar-refractivity contribution in [3.05, 3.63) is 42.0 Å². The molecule has 1 aromatic rings. The number of carbonyl (C=O) groups is 2. The van der Waals surface area contributed by atoms with Crippen LogP contribution in [0, 0.1) is 0 Å². The molecule has 7 heteroatoms. The molecule has 0 fully saturated rings. The molecule has 2 atom stereocenters. The Morgan fingerprint density at radius 1 is 1.22 bits per heavy atom. The number of benzene rings is 1. The van der Waals surface area contributed by atoms with Crippen LogP contribution in [-0.2, 0) is 4.79 Å². The van der Waals surface area contributed by atoms with Gasteiger partial charge in [-0.25, -0.2) is 0 Å². The Hall–Kier alpha value is -2.05. The van der Waals surface area contributed by atoms with Crippen molar-refractivity contribution in [2.75, 3.05) is 13.2 Å². The van der Waals surface area contributed by atoms with Crippen LogP contribution in [-0.4, -0.2) is 37.0 Å². The normalized spacial score (nSPS) is 23.9. The molecule has 0 aromatic heterocycles. The Balaban J connectivity index is 0.00000264. The van der Waals surface area contributed by atoms with Crippen LogP contribution in [0.25, 0.3) is 0 Å². The maximum Gasteiger partial charge on any atom is 0.255 e. The van der Waals surface area contributed by atoms with Crippen LogP contribution in [0.15, 0.2) is 36.4 Å². The Bertz CT molecular complexity index is 577. The van der Waals surface area contributed by atoms with Crippen molar-refractivity contribution in [2.24, 2.45) is 5.73 Å². The predicted molar refractivity (Wildman–Crippen MR) is 90.9 cm³/mol. The van der Waals surface area contributed by atoms with Crippen molar-refractivity contribution in [2.45, 2.75) is 25.4 Å². The molecule has 0 bridgehead atoms. The molecule has 1 aliphatic rings. The summed E-state index contributed by atoms with van der Waals surface area (Å²) in [6, 6.07) is 6.25. The number of hydrogen-bond donors (Lipinski definition) is 3. The summed E-state index contributed by atoms with van der Waals surface area (Å²) < 4.78 is 5.61. The maximum absolute atomic E-state index is 12.3. The molecule has 0 spiro atoms. The van der Waals surface area contributed by atoms with Crippen LogP contribution in [0.5, 0.6) is 5.75 Å². The first kappa shape index (κ1) is 19.0. The zero-order valence-electron chi connectivity index (χ0n) is 13.0. The van der Waals surface area contributed by atoms with E-state index >= 15 is 0 Å². The number of para-hydroxylation sites is 1. The third-order valence-corrected chi connectivity index (χ3v) is 3.32. The van der Waals surface area contributed by atoms with Gasteiger partial charge >= 0.3 is 0 Å². The number of nitrogens with one attached hydrogen (secondary N) is 2. The summed E-state index contributed by atoms with van der Waals surface area (Å²) >= 11 is 0. The average molecular weight is 340 g/mol. The number of halogens is 1. The Morgan fingerprint density at radius 3 is 2.74 bits per heavy atom. The minimum absolute atomic E-state index is 0. The van der Waals surface area contributed by atoms with Crippen LogP contribution in [0.2, 0.25) is 0 Å². The van der Waals surface area contributed by atoms with Crippen molar-refractivity contribution in [3.63, 3.8) is 0 Å². The molecule has 0 radical (unpaired) electrons. The van der Waals surface area contributed by atoms with Crippen molar-refractivity contribution in [1.29, 1.82) is 0 Å². The van der Waals surface area contributed by atoms with Crippen molar-refractivity contribution in [1.82, 2.24) is 10.6 Å². The lowest BCUT2D eigenvalue weighted by Crippen LogP contribution is -2.46. The smallest absolute Gasteiger partial charge is 0.255 e. The van der Waals surface area contributed by atoms with E-state index in [1.54, 1.807) is 24.3 Å². The van der Waals surface area contributed by atoms with Gasteiger partial charge in [0.1, 0.15) is 12.4 Å². The lowest BCUT2D eigenvalue weighted by molar-refractivity contribution is -0.122. The van der Waals surface area contributed by atoms with Crippen LogP contribution >= 0.6 is 12.4 Å². The first-order valence-electron chi connectivity index (χ1n) is 7.29. The quantitative estimate of drug-likeness (QED) is 0.615. The molecule has 2 rings (SSSR count). The molecule has 4 N–H and O–H groups in total. The molecular weight excluding hydrogens is 318 g/mol. The second kappa shape index (κ2) is 9.17. The van der Waals surface area contributed by atoms with Crippen molar-refractivity contribution < 1.29 is 14.3 Å². The number of amides is 2. The van der Waals surface area contributed by atoms with Gasteiger partial charge in [-0.05, 0) is 25.5 Å². The van der Waals surface area contributed by atoms with Crippen molar-refractivity contribution >= 4 is 24.2 Å². The van der Waals surface area contributed by atoms with E-state index in [4.69, 9.17) is 10.5 Å². The van der Waals surface area contributed by atoms with Crippen LogP contribution in [0.1, 0.15) is 23.7 Å². The molecular formula is C16H22ClN3O3. The summed E-state index contributed by atoms with van der Waals surface area (Å²) in [5, 5.41) is 5.57. The third-order valence-electron chi connectivity index (χ3n) is 3.32. The summed E-state index contributed by atoms with van der Waals surface area (Å²) in [6.45, 7) is 2.46. The van der Waals surface area contributed by atoms with Gasteiger partial charge in [-0.3, -0.25) is 9.59 Å². The second-order valence-corrected chi connectivity index (χ2v) is 5.24. The molecule has 6 nitrogen and oxygen atoms in total. The van der Waals surface area contributed by atoms with Gasteiger partial charge in [-0.15, -0.1) is 12.4 Å². The van der Waals surface area contributed by atoms with Gasteiger partial charge in [-0.1, -0.05) is 24.3 Å². The highest BCUT2D eigenvalue weighted by Gasteiger charge is 2.17. The molecule has 1 heterocycles. The number of carbonyl (C=O) groups excluding carboxylic acids is 2. The Morgan fingerprint density at radius 2 is 1.96 bits per heavy atom. The van der Waals surface area contributed by atoms with E-state index < -0.39 is 6.04 Å². The van der Waals surface area contributed by atoms with Gasteiger partial charge in [0.25, 0.3) is 5.91 Å². The molecule has 2 amide bonds. The van der Waals surface area contributed by atoms with E-state index in [1.807, 2.05) is 19.1 Å². The van der Waals surface area contributed by atoms with Gasteiger partial charge in [-0.2, -0.15) is 0 Å². The molecule has 126 valence electrons. The van der Waals surface area contributed by atoms with Gasteiger partial charge in [0.15, 0.2) is 0 Å². The molecule has 1 aliphatic heterocycles. The van der Waals surface area contributed by atoms with Crippen molar-refractivity contribution in [3.8, 4) is 5.75 Å². The average Bonchev–Trinajstić information content (AvgIpc) is 2.51. The fraction of sp³-hybridized carbons (Fsp3) is 0.375. The highest BCUT2D eigenvalue weighted by Crippen LogP contribution is 2.18. The molecule has 1 aromatic carbocycles. The molecule has 0 unspecified atom stereocenters. The number of rotatable bonds is 0. The van der Waals surface area contributed by atoms with E-state index in [9.17, 15) is 9.59 Å². The topological polar surface area (TPSA) is 93.5 Å². The van der Waals surface area contributed by atoms with Crippen LogP contribution < -0.4 is 21.1 Å². The van der Waals surface area contributed by atoms with Gasteiger partial charge in [0.2, 0.25) is 5.91 Å². The van der Waals surface area contributed by atoms with E-state index in [-0.39, 0.29) is 30.3 Å². The van der Waals surface area contributed by atoms with Gasteiger partial charge in [0, 0.05) is 12.6 Å². The first-order valence-corrected chi connectivity index (χ1v) is 7.29. The monoisotopic (exact) mass is 339 g/mol. The minimum Gasteiger partial charge on any atom is -0.489 e. The van der Waals surface area contributed by atoms with E-state index in [0.717, 1.165) is 0 Å². The van der Waals surface area contributed by atoms with E-state index in [0.29, 0.717) is 30.9 Å². The number of ether oxygens (including phenoxy) is 1. The summed E-state index contributed by atoms with van der Waals surface area (Å²) in [5.41, 5.74) is 6.26. The van der Waals surface area contributed by atoms with Crippen LogP contribution in [0.4, 0.5) is 0 Å². The molecule has 23 heavy (non-hydrogen) atoms. The second-order valence-electron chi connectivity index (χ2n) is 5.24. The minimum atomic E-state index is -0.602. The summed E-state index contributed by atoms with van der Waals surface area (Å²) in [5.74, 6) is 0.0639. The highest BCUT2D eigenvalue weighted by molar-refractivity contribution is 5.97. The van der Waals surface area contributed by atoms with E-state index in [2.05, 4.69) is 10.6 Å². The fourth-order valence-electron chi connectivity index (χ4n) is 2.07. The maximum atomic E-state index is 12.3. The first-order chi connectivity index (χ1) is 10.6. The molecule has 0 aliphatic carbocycles. The standard InChI is InChI=1S/C16H21N3O3.ClH/c1-11-10-18-16(21)13(17)7-4-5-9-22-14-8-3-2-6-12(14)15(20)19-11;/h2-6,8,11,13H,7,9-10,17H2,1H3,(H,18,21)(H,19,20);1H/b5-4-;/t11-,13+;/m0./s1. The molecule has 0 saturated heterocycles. The molecule has 0 saturated carbocycles. The predicted octanol–water partition coefficient (Wildman–Crippen LogP) is 1.01. The Labute approximate surface area is 141 Å². The summed E-state index contributed by atoms with van der Waals surface area (Å²) in [7, 11) is 0. The summed E-state index contributed by atoms with van der Waals surface area (Å²) in [6.07, 6.45) is 4.04. The lowest BCUT2D eigenvalue weighted by Gasteiger charge is -2.18. The zero-order chi connectivity index (χ0) is 15.9. The SMILES string of the molecule is C[C@H]1CNC(=O)[C@H](N)C/C=C\COc2ccccc2C(=O)N1.Cl. The van der Waals surface area contributed by atoms with Crippen LogP contribution in [0.3, 0.4) is 0 Å². The lowest BCUT2D eigenvalue weighted by atomic mass is 10.1. The number of fused-ring (bicyclic) bond motifs is 1.